The Balaban J connectivity index is 1.35. The van der Waals surface area contributed by atoms with E-state index in [2.05, 4.69) is 47.5 Å². The molecule has 0 aliphatic carbocycles. The Morgan fingerprint density at radius 1 is 0.946 bits per heavy atom. The highest BCUT2D eigenvalue weighted by atomic mass is 16.5. The highest BCUT2D eigenvalue weighted by Gasteiger charge is 2.24. The average Bonchev–Trinajstić information content (AvgIpc) is 2.92. The number of hydrogen-bond acceptors (Lipinski definition) is 5. The maximum absolute atomic E-state index is 12.8. The lowest BCUT2D eigenvalue weighted by Gasteiger charge is -2.36. The number of rotatable bonds is 9. The summed E-state index contributed by atoms with van der Waals surface area (Å²) in [7, 11) is 1.67. The van der Waals surface area contributed by atoms with E-state index in [1.165, 1.54) is 12.5 Å². The zero-order valence-electron chi connectivity index (χ0n) is 21.8. The molecular formula is C30H35N3O4. The first-order valence-corrected chi connectivity index (χ1v) is 12.6. The van der Waals surface area contributed by atoms with E-state index in [4.69, 9.17) is 9.47 Å². The summed E-state index contributed by atoms with van der Waals surface area (Å²) in [5, 5.41) is 2.93. The third-order valence-corrected chi connectivity index (χ3v) is 6.66. The van der Waals surface area contributed by atoms with E-state index in [0.29, 0.717) is 30.9 Å². The number of methoxy groups -OCH3 is 1. The van der Waals surface area contributed by atoms with E-state index < -0.39 is 0 Å². The number of carbonyl (C=O) groups excluding carboxylic acids is 2. The molecule has 1 aliphatic rings. The van der Waals surface area contributed by atoms with Crippen LogP contribution in [0.2, 0.25) is 0 Å². The third kappa shape index (κ3) is 7.41. The van der Waals surface area contributed by atoms with Crippen molar-refractivity contribution in [2.75, 3.05) is 45.2 Å². The predicted molar refractivity (Wildman–Crippen MR) is 145 cm³/mol. The smallest absolute Gasteiger partial charge is 0.321 e. The largest absolute Gasteiger partial charge is 0.497 e. The summed E-state index contributed by atoms with van der Waals surface area (Å²) < 4.78 is 11.9. The zero-order chi connectivity index (χ0) is 26.2. The van der Waals surface area contributed by atoms with Gasteiger partial charge in [-0.3, -0.25) is 9.69 Å². The van der Waals surface area contributed by atoms with Crippen LogP contribution in [-0.4, -0.2) is 61.4 Å². The fraction of sp³-hybridized carbons (Fsp3) is 0.333. The number of anilines is 1. The topological polar surface area (TPSA) is 71.1 Å². The Bertz CT molecular complexity index is 1190. The lowest BCUT2D eigenvalue weighted by atomic mass is 10.1. The highest BCUT2D eigenvalue weighted by Crippen LogP contribution is 2.25. The molecule has 0 unspecified atom stereocenters. The maximum Gasteiger partial charge on any atom is 0.321 e. The molecule has 0 aromatic heterocycles. The quantitative estimate of drug-likeness (QED) is 0.402. The minimum Gasteiger partial charge on any atom is -0.497 e. The number of aryl methyl sites for hydroxylation is 1. The summed E-state index contributed by atoms with van der Waals surface area (Å²) in [6.45, 7) is 7.61. The van der Waals surface area contributed by atoms with Crippen LogP contribution in [0.15, 0.2) is 72.8 Å². The lowest BCUT2D eigenvalue weighted by molar-refractivity contribution is 0.00584. The summed E-state index contributed by atoms with van der Waals surface area (Å²) in [5.74, 6) is 0.809. The van der Waals surface area contributed by atoms with Gasteiger partial charge in [0.25, 0.3) is 0 Å². The minimum absolute atomic E-state index is 0.00379. The molecule has 7 heteroatoms. The van der Waals surface area contributed by atoms with Gasteiger partial charge in [0.1, 0.15) is 5.75 Å². The van der Waals surface area contributed by atoms with E-state index in [-0.39, 0.29) is 17.9 Å². The van der Waals surface area contributed by atoms with Crippen molar-refractivity contribution in [1.82, 2.24) is 9.80 Å². The molecule has 7 nitrogen and oxygen atoms in total. The standard InChI is InChI=1S/C30H35N3O4/c1-22-7-9-24(10-8-22)21-37-29(26-5-4-6-28(19-26)36-3)20-32-15-17-33(18-16-32)30(35)31-27-13-11-25(12-14-27)23(2)34/h4-14,19,29H,15-18,20-21H2,1-3H3,(H,31,35)/t29-/m0/s1. The Hall–Kier alpha value is -3.68. The molecule has 1 atom stereocenters. The Morgan fingerprint density at radius 2 is 1.65 bits per heavy atom. The van der Waals surface area contributed by atoms with Crippen molar-refractivity contribution in [3.63, 3.8) is 0 Å². The van der Waals surface area contributed by atoms with Gasteiger partial charge in [0, 0.05) is 44.0 Å². The second-order valence-corrected chi connectivity index (χ2v) is 9.41. The fourth-order valence-corrected chi connectivity index (χ4v) is 4.34. The molecule has 37 heavy (non-hydrogen) atoms. The van der Waals surface area contributed by atoms with Gasteiger partial charge in [0.05, 0.1) is 19.8 Å². The van der Waals surface area contributed by atoms with Gasteiger partial charge >= 0.3 is 6.03 Å². The summed E-state index contributed by atoms with van der Waals surface area (Å²) >= 11 is 0. The molecule has 0 saturated carbocycles. The fourth-order valence-electron chi connectivity index (χ4n) is 4.34. The van der Waals surface area contributed by atoms with Crippen molar-refractivity contribution < 1.29 is 19.1 Å². The molecule has 1 aliphatic heterocycles. The van der Waals surface area contributed by atoms with Crippen LogP contribution in [0.4, 0.5) is 10.5 Å². The first-order chi connectivity index (χ1) is 17.9. The molecule has 3 aromatic rings. The highest BCUT2D eigenvalue weighted by molar-refractivity contribution is 5.95. The SMILES string of the molecule is COc1cccc([C@H](CN2CCN(C(=O)Nc3ccc(C(C)=O)cc3)CC2)OCc2ccc(C)cc2)c1. The second-order valence-electron chi connectivity index (χ2n) is 9.41. The summed E-state index contributed by atoms with van der Waals surface area (Å²) in [6.07, 6.45) is -0.128. The van der Waals surface area contributed by atoms with Gasteiger partial charge in [-0.25, -0.2) is 4.79 Å². The van der Waals surface area contributed by atoms with Crippen molar-refractivity contribution in [2.45, 2.75) is 26.6 Å². The normalized spacial score (nSPS) is 14.7. The number of nitrogens with zero attached hydrogens (tertiary/aromatic N) is 2. The number of ether oxygens (including phenoxy) is 2. The number of Topliss-reactive ketones (excluding diaryl/α,β-unsaturated/α-hetero) is 1. The molecular weight excluding hydrogens is 466 g/mol. The van der Waals surface area contributed by atoms with Crippen LogP contribution >= 0.6 is 0 Å². The number of urea groups is 1. The number of hydrogen-bond donors (Lipinski definition) is 1. The van der Waals surface area contributed by atoms with Crippen LogP contribution in [0, 0.1) is 6.92 Å². The molecule has 1 saturated heterocycles. The van der Waals surface area contributed by atoms with Crippen molar-refractivity contribution in [3.8, 4) is 5.75 Å². The van der Waals surface area contributed by atoms with Crippen LogP contribution in [0.25, 0.3) is 0 Å². The zero-order valence-corrected chi connectivity index (χ0v) is 21.8. The number of benzene rings is 3. The first-order valence-electron chi connectivity index (χ1n) is 12.6. The van der Waals surface area contributed by atoms with Crippen LogP contribution in [0.3, 0.4) is 0 Å². The van der Waals surface area contributed by atoms with Crippen molar-refractivity contribution in [2.24, 2.45) is 0 Å². The Morgan fingerprint density at radius 3 is 2.30 bits per heavy atom. The number of carbonyl (C=O) groups is 2. The summed E-state index contributed by atoms with van der Waals surface area (Å²) in [4.78, 5) is 28.4. The van der Waals surface area contributed by atoms with Crippen molar-refractivity contribution >= 4 is 17.5 Å². The molecule has 2 amide bonds. The minimum atomic E-state index is -0.129. The molecule has 1 fully saturated rings. The van der Waals surface area contributed by atoms with Crippen LogP contribution in [0.5, 0.6) is 5.75 Å². The van der Waals surface area contributed by atoms with Gasteiger partial charge in [-0.2, -0.15) is 0 Å². The van der Waals surface area contributed by atoms with E-state index >= 15 is 0 Å². The maximum atomic E-state index is 12.8. The van der Waals surface area contributed by atoms with Crippen molar-refractivity contribution in [3.05, 3.63) is 95.1 Å². The summed E-state index contributed by atoms with van der Waals surface area (Å²) in [6, 6.07) is 23.3. The Labute approximate surface area is 219 Å². The molecule has 0 radical (unpaired) electrons. The predicted octanol–water partition coefficient (Wildman–Crippen LogP) is 5.31. The van der Waals surface area contributed by atoms with Crippen LogP contribution in [0.1, 0.15) is 40.1 Å². The molecule has 1 N–H and O–H groups in total. The first kappa shape index (κ1) is 26.4. The van der Waals surface area contributed by atoms with E-state index in [1.807, 2.05) is 23.1 Å². The molecule has 0 spiro atoms. The molecule has 1 heterocycles. The van der Waals surface area contributed by atoms with E-state index in [9.17, 15) is 9.59 Å². The van der Waals surface area contributed by atoms with Crippen LogP contribution in [-0.2, 0) is 11.3 Å². The van der Waals surface area contributed by atoms with Gasteiger partial charge in [0.2, 0.25) is 0 Å². The monoisotopic (exact) mass is 501 g/mol. The van der Waals surface area contributed by atoms with Crippen molar-refractivity contribution in [1.29, 1.82) is 0 Å². The number of piperazine rings is 1. The number of amides is 2. The van der Waals surface area contributed by atoms with E-state index in [1.54, 1.807) is 31.4 Å². The molecule has 0 bridgehead atoms. The average molecular weight is 502 g/mol. The van der Waals surface area contributed by atoms with E-state index in [0.717, 1.165) is 36.5 Å². The van der Waals surface area contributed by atoms with Gasteiger partial charge in [-0.1, -0.05) is 42.0 Å². The van der Waals surface area contributed by atoms with Crippen LogP contribution < -0.4 is 10.1 Å². The van der Waals surface area contributed by atoms with Gasteiger partial charge in [-0.05, 0) is 61.4 Å². The molecule has 4 rings (SSSR count). The number of ketones is 1. The molecule has 3 aromatic carbocycles. The summed E-state index contributed by atoms with van der Waals surface area (Å²) in [5.41, 5.74) is 4.74. The Kier molecular flexibility index (Phi) is 8.93. The third-order valence-electron chi connectivity index (χ3n) is 6.66. The van der Waals surface area contributed by atoms with Gasteiger partial charge in [0.15, 0.2) is 5.78 Å². The lowest BCUT2D eigenvalue weighted by Crippen LogP contribution is -2.50. The second kappa shape index (κ2) is 12.5. The van der Waals surface area contributed by atoms with Gasteiger partial charge < -0.3 is 19.7 Å². The van der Waals surface area contributed by atoms with Gasteiger partial charge in [-0.15, -0.1) is 0 Å². The number of nitrogens with one attached hydrogen (secondary N) is 1. The molecule has 194 valence electrons.